The van der Waals surface area contributed by atoms with Gasteiger partial charge >= 0.3 is 0 Å². The lowest BCUT2D eigenvalue weighted by Crippen LogP contribution is -2.56. The third-order valence-corrected chi connectivity index (χ3v) is 5.34. The molecule has 0 bridgehead atoms. The first-order chi connectivity index (χ1) is 11.2. The average Bonchev–Trinajstić information content (AvgIpc) is 2.59. The zero-order valence-corrected chi connectivity index (χ0v) is 13.8. The lowest BCUT2D eigenvalue weighted by Gasteiger charge is -2.49. The molecule has 2 heterocycles. The largest absolute Gasteiger partial charge is 0.497 e. The number of hydrogen-bond acceptors (Lipinski definition) is 5. The van der Waals surface area contributed by atoms with Crippen LogP contribution in [0.3, 0.4) is 0 Å². The minimum atomic E-state index is -0.107. The smallest absolute Gasteiger partial charge is 0.119 e. The van der Waals surface area contributed by atoms with Gasteiger partial charge in [0.1, 0.15) is 5.75 Å². The molecule has 0 aromatic heterocycles. The van der Waals surface area contributed by atoms with Crippen molar-refractivity contribution in [3.8, 4) is 11.8 Å². The Bertz CT molecular complexity index is 597. The highest BCUT2D eigenvalue weighted by molar-refractivity contribution is 5.40. The van der Waals surface area contributed by atoms with Gasteiger partial charge in [-0.15, -0.1) is 0 Å². The number of nitrogens with one attached hydrogen (secondary N) is 1. The number of nitrogens with zero attached hydrogens (tertiary/aromatic N) is 2. The van der Waals surface area contributed by atoms with Crippen LogP contribution in [0, 0.1) is 11.3 Å². The van der Waals surface area contributed by atoms with Gasteiger partial charge in [0.2, 0.25) is 0 Å². The summed E-state index contributed by atoms with van der Waals surface area (Å²) >= 11 is 0. The van der Waals surface area contributed by atoms with E-state index in [1.54, 1.807) is 7.11 Å². The van der Waals surface area contributed by atoms with E-state index in [1.807, 2.05) is 0 Å². The van der Waals surface area contributed by atoms with Crippen LogP contribution in [0.25, 0.3) is 0 Å². The molecule has 0 unspecified atom stereocenters. The van der Waals surface area contributed by atoms with Gasteiger partial charge in [-0.3, -0.25) is 4.90 Å². The van der Waals surface area contributed by atoms with E-state index >= 15 is 0 Å². The van der Waals surface area contributed by atoms with Crippen molar-refractivity contribution in [2.45, 2.75) is 37.3 Å². The molecule has 1 aromatic carbocycles. The highest BCUT2D eigenvalue weighted by atomic mass is 16.5. The molecule has 5 nitrogen and oxygen atoms in total. The van der Waals surface area contributed by atoms with Crippen LogP contribution in [-0.4, -0.2) is 43.7 Å². The van der Waals surface area contributed by atoms with Crippen LogP contribution < -0.4 is 15.8 Å². The van der Waals surface area contributed by atoms with E-state index in [-0.39, 0.29) is 5.54 Å². The summed E-state index contributed by atoms with van der Waals surface area (Å²) in [7, 11) is 1.71. The lowest BCUT2D eigenvalue weighted by molar-refractivity contribution is 0.0704. The summed E-state index contributed by atoms with van der Waals surface area (Å²) in [5, 5.41) is 12.9. The maximum absolute atomic E-state index is 9.29. The quantitative estimate of drug-likeness (QED) is 0.863. The van der Waals surface area contributed by atoms with Crippen molar-refractivity contribution < 1.29 is 4.74 Å². The van der Waals surface area contributed by atoms with Gasteiger partial charge < -0.3 is 15.8 Å². The number of fused-ring (bicyclic) bond motifs is 3. The fraction of sp³-hybridized carbons (Fsp3) is 0.611. The van der Waals surface area contributed by atoms with Crippen molar-refractivity contribution >= 4 is 0 Å². The molecule has 1 saturated heterocycles. The third-order valence-electron chi connectivity index (χ3n) is 5.34. The van der Waals surface area contributed by atoms with Crippen molar-refractivity contribution in [2.75, 3.05) is 33.3 Å². The molecule has 0 saturated carbocycles. The van der Waals surface area contributed by atoms with Gasteiger partial charge in [-0.1, -0.05) is 6.07 Å². The Morgan fingerprint density at radius 1 is 1.48 bits per heavy atom. The van der Waals surface area contributed by atoms with Crippen molar-refractivity contribution in [1.29, 1.82) is 5.26 Å². The average molecular weight is 314 g/mol. The fourth-order valence-electron chi connectivity index (χ4n) is 4.08. The second-order valence-electron chi connectivity index (χ2n) is 6.65. The molecular formula is C18H26N4O. The van der Waals surface area contributed by atoms with E-state index in [0.717, 1.165) is 44.6 Å². The molecule has 1 aromatic rings. The van der Waals surface area contributed by atoms with Crippen LogP contribution in [0.15, 0.2) is 18.2 Å². The molecule has 5 heteroatoms. The summed E-state index contributed by atoms with van der Waals surface area (Å²) in [6, 6.07) is 9.19. The Balaban J connectivity index is 1.87. The van der Waals surface area contributed by atoms with Crippen LogP contribution in [-0.2, 0) is 6.42 Å². The summed E-state index contributed by atoms with van der Waals surface area (Å²) < 4.78 is 5.37. The number of nitriles is 1. The fourth-order valence-corrected chi connectivity index (χ4v) is 4.08. The van der Waals surface area contributed by atoms with E-state index in [9.17, 15) is 5.26 Å². The van der Waals surface area contributed by atoms with E-state index < -0.39 is 0 Å². The number of piperidine rings is 1. The Morgan fingerprint density at radius 2 is 2.35 bits per heavy atom. The van der Waals surface area contributed by atoms with E-state index in [2.05, 4.69) is 34.5 Å². The number of hydrogen-bond donors (Lipinski definition) is 2. The summed E-state index contributed by atoms with van der Waals surface area (Å²) in [6.45, 7) is 3.50. The van der Waals surface area contributed by atoms with Crippen molar-refractivity contribution in [1.82, 2.24) is 10.2 Å². The first-order valence-corrected chi connectivity index (χ1v) is 8.44. The SMILES string of the molecule is COc1ccc2c(c1)CCN1CC[C@@](CC#N)(NCCN)C[C@@H]21. The molecule has 2 aliphatic rings. The van der Waals surface area contributed by atoms with Gasteiger partial charge in [0, 0.05) is 37.8 Å². The number of nitrogens with two attached hydrogens (primary N) is 1. The minimum absolute atomic E-state index is 0.107. The van der Waals surface area contributed by atoms with Gasteiger partial charge in [-0.25, -0.2) is 0 Å². The van der Waals surface area contributed by atoms with Crippen molar-refractivity contribution in [3.63, 3.8) is 0 Å². The molecule has 3 N–H and O–H groups in total. The third kappa shape index (κ3) is 3.20. The minimum Gasteiger partial charge on any atom is -0.497 e. The van der Waals surface area contributed by atoms with Crippen LogP contribution in [0.2, 0.25) is 0 Å². The van der Waals surface area contributed by atoms with Crippen LogP contribution in [0.4, 0.5) is 0 Å². The van der Waals surface area contributed by atoms with Gasteiger partial charge in [-0.2, -0.15) is 5.26 Å². The highest BCUT2D eigenvalue weighted by Crippen LogP contribution is 2.42. The zero-order chi connectivity index (χ0) is 16.3. The summed E-state index contributed by atoms with van der Waals surface area (Å²) in [5.41, 5.74) is 8.35. The molecule has 0 radical (unpaired) electrons. The zero-order valence-electron chi connectivity index (χ0n) is 13.8. The Hall–Kier alpha value is -1.61. The monoisotopic (exact) mass is 314 g/mol. The molecule has 2 atom stereocenters. The second-order valence-corrected chi connectivity index (χ2v) is 6.65. The number of rotatable bonds is 5. The molecule has 1 fully saturated rings. The van der Waals surface area contributed by atoms with Crippen LogP contribution >= 0.6 is 0 Å². The Labute approximate surface area is 138 Å². The van der Waals surface area contributed by atoms with E-state index in [0.29, 0.717) is 19.0 Å². The predicted octanol–water partition coefficient (Wildman–Crippen LogP) is 1.59. The van der Waals surface area contributed by atoms with Gasteiger partial charge in [-0.05, 0) is 42.5 Å². The van der Waals surface area contributed by atoms with Crippen LogP contribution in [0.5, 0.6) is 5.75 Å². The molecule has 0 amide bonds. The molecule has 0 spiro atoms. The normalized spacial score (nSPS) is 26.9. The number of methoxy groups -OCH3 is 1. The number of ether oxygens (including phenoxy) is 1. The first kappa shape index (κ1) is 16.3. The number of benzene rings is 1. The molecule has 3 rings (SSSR count). The molecule has 2 aliphatic heterocycles. The van der Waals surface area contributed by atoms with Gasteiger partial charge in [0.15, 0.2) is 0 Å². The van der Waals surface area contributed by atoms with E-state index in [1.165, 1.54) is 11.1 Å². The summed E-state index contributed by atoms with van der Waals surface area (Å²) in [6.07, 6.45) is 3.61. The molecular weight excluding hydrogens is 288 g/mol. The van der Waals surface area contributed by atoms with Gasteiger partial charge in [0.25, 0.3) is 0 Å². The lowest BCUT2D eigenvalue weighted by atomic mass is 9.76. The van der Waals surface area contributed by atoms with Crippen LogP contribution in [0.1, 0.15) is 36.4 Å². The van der Waals surface area contributed by atoms with Gasteiger partial charge in [0.05, 0.1) is 19.6 Å². The molecule has 23 heavy (non-hydrogen) atoms. The predicted molar refractivity (Wildman–Crippen MR) is 90.3 cm³/mol. The molecule has 124 valence electrons. The standard InChI is InChI=1S/C18H26N4O/c1-23-15-2-3-16-14(12-15)4-10-22-11-6-18(5-7-19,13-17(16)22)21-9-8-20/h2-3,12,17,21H,4-6,8-11,13,20H2,1H3/t17-,18+/m0/s1. The Kier molecular flexibility index (Phi) is 4.86. The topological polar surface area (TPSA) is 74.3 Å². The summed E-state index contributed by atoms with van der Waals surface area (Å²) in [4.78, 5) is 2.56. The first-order valence-electron chi connectivity index (χ1n) is 8.44. The highest BCUT2D eigenvalue weighted by Gasteiger charge is 2.41. The van der Waals surface area contributed by atoms with Crippen molar-refractivity contribution in [2.24, 2.45) is 5.73 Å². The second kappa shape index (κ2) is 6.88. The van der Waals surface area contributed by atoms with Crippen molar-refractivity contribution in [3.05, 3.63) is 29.3 Å². The Morgan fingerprint density at radius 3 is 3.09 bits per heavy atom. The maximum atomic E-state index is 9.29. The summed E-state index contributed by atoms with van der Waals surface area (Å²) in [5.74, 6) is 0.928. The van der Waals surface area contributed by atoms with E-state index in [4.69, 9.17) is 10.5 Å². The molecule has 0 aliphatic carbocycles. The maximum Gasteiger partial charge on any atom is 0.119 e.